The first-order valence-electron chi connectivity index (χ1n) is 13.8. The quantitative estimate of drug-likeness (QED) is 0.257. The highest BCUT2D eigenvalue weighted by molar-refractivity contribution is 7.92. The van der Waals surface area contributed by atoms with Gasteiger partial charge in [-0.25, -0.2) is 8.42 Å². The van der Waals surface area contributed by atoms with E-state index < -0.39 is 28.5 Å². The second-order valence-corrected chi connectivity index (χ2v) is 13.8. The number of hydrogen-bond acceptors (Lipinski definition) is 4. The fourth-order valence-electron chi connectivity index (χ4n) is 5.18. The van der Waals surface area contributed by atoms with Gasteiger partial charge in [-0.15, -0.1) is 0 Å². The standard InChI is InChI=1S/C31H34Cl3N3O4S/c1-42(40,41)37(28-18-25(33)17-26(34)19-28)21-30(38)36(20-23-12-14-24(32)15-13-23)29(16-22-8-4-2-5-9-22)31(39)35-27-10-6-3-7-11-27/h2,4-5,8-9,12-15,17-19,27,29H,3,6-7,10-11,16,20-21H2,1H3,(H,35,39). The molecule has 1 aliphatic rings. The van der Waals surface area contributed by atoms with E-state index in [0.717, 1.165) is 53.8 Å². The number of benzene rings is 3. The van der Waals surface area contributed by atoms with Crippen LogP contribution in [-0.2, 0) is 32.6 Å². The van der Waals surface area contributed by atoms with Crippen molar-refractivity contribution >= 4 is 62.3 Å². The minimum absolute atomic E-state index is 0.0260. The Kier molecular flexibility index (Phi) is 11.2. The van der Waals surface area contributed by atoms with Gasteiger partial charge in [-0.2, -0.15) is 0 Å². The molecule has 7 nitrogen and oxygen atoms in total. The largest absolute Gasteiger partial charge is 0.352 e. The summed E-state index contributed by atoms with van der Waals surface area (Å²) in [7, 11) is -3.94. The van der Waals surface area contributed by atoms with E-state index >= 15 is 0 Å². The fraction of sp³-hybridized carbons (Fsp3) is 0.355. The summed E-state index contributed by atoms with van der Waals surface area (Å²) < 4.78 is 26.8. The van der Waals surface area contributed by atoms with Crippen molar-refractivity contribution in [2.75, 3.05) is 17.1 Å². The zero-order chi connectivity index (χ0) is 30.3. The number of rotatable bonds is 11. The lowest BCUT2D eigenvalue weighted by molar-refractivity contribution is -0.140. The molecule has 3 aromatic carbocycles. The highest BCUT2D eigenvalue weighted by Crippen LogP contribution is 2.28. The molecule has 42 heavy (non-hydrogen) atoms. The summed E-state index contributed by atoms with van der Waals surface area (Å²) in [4.78, 5) is 29.6. The predicted molar refractivity (Wildman–Crippen MR) is 170 cm³/mol. The lowest BCUT2D eigenvalue weighted by atomic mass is 9.94. The van der Waals surface area contributed by atoms with E-state index in [0.29, 0.717) is 5.02 Å². The first-order valence-corrected chi connectivity index (χ1v) is 16.8. The lowest BCUT2D eigenvalue weighted by Crippen LogP contribution is -2.55. The molecule has 1 N–H and O–H groups in total. The molecule has 1 aliphatic carbocycles. The van der Waals surface area contributed by atoms with Crippen LogP contribution in [0.4, 0.5) is 5.69 Å². The maximum absolute atomic E-state index is 14.2. The smallest absolute Gasteiger partial charge is 0.244 e. The van der Waals surface area contributed by atoms with Crippen molar-refractivity contribution < 1.29 is 18.0 Å². The van der Waals surface area contributed by atoms with Gasteiger partial charge in [0.1, 0.15) is 12.6 Å². The molecule has 0 spiro atoms. The Balaban J connectivity index is 1.73. The first-order chi connectivity index (χ1) is 20.0. The molecule has 0 aromatic heterocycles. The average Bonchev–Trinajstić information content (AvgIpc) is 2.94. The minimum Gasteiger partial charge on any atom is -0.352 e. The molecule has 4 rings (SSSR count). The van der Waals surface area contributed by atoms with E-state index in [4.69, 9.17) is 34.8 Å². The molecular formula is C31H34Cl3N3O4S. The Bertz CT molecular complexity index is 1460. The number of halogens is 3. The number of nitrogens with one attached hydrogen (secondary N) is 1. The molecule has 224 valence electrons. The van der Waals surface area contributed by atoms with Crippen LogP contribution in [-0.4, -0.2) is 50.0 Å². The van der Waals surface area contributed by atoms with Crippen molar-refractivity contribution in [2.45, 2.75) is 57.2 Å². The number of anilines is 1. The number of hydrogen-bond donors (Lipinski definition) is 1. The van der Waals surface area contributed by atoms with E-state index in [2.05, 4.69) is 5.32 Å². The van der Waals surface area contributed by atoms with Crippen LogP contribution in [0.2, 0.25) is 15.1 Å². The van der Waals surface area contributed by atoms with Crippen LogP contribution < -0.4 is 9.62 Å². The number of amides is 2. The molecule has 11 heteroatoms. The number of carbonyl (C=O) groups excluding carboxylic acids is 2. The summed E-state index contributed by atoms with van der Waals surface area (Å²) in [5.74, 6) is -0.823. The second-order valence-electron chi connectivity index (χ2n) is 10.6. The SMILES string of the molecule is CS(=O)(=O)N(CC(=O)N(Cc1ccc(Cl)cc1)C(Cc1ccccc1)C(=O)NC1CCCCC1)c1cc(Cl)cc(Cl)c1. The van der Waals surface area contributed by atoms with Crippen LogP contribution in [0.3, 0.4) is 0 Å². The highest BCUT2D eigenvalue weighted by atomic mass is 35.5. The van der Waals surface area contributed by atoms with Gasteiger partial charge in [-0.3, -0.25) is 13.9 Å². The average molecular weight is 651 g/mol. The molecule has 1 unspecified atom stereocenters. The summed E-state index contributed by atoms with van der Waals surface area (Å²) in [6.45, 7) is -0.482. The van der Waals surface area contributed by atoms with Crippen molar-refractivity contribution in [1.82, 2.24) is 10.2 Å². The normalized spacial score (nSPS) is 14.7. The fourth-order valence-corrected chi connectivity index (χ4v) is 6.66. The molecular weight excluding hydrogens is 617 g/mol. The summed E-state index contributed by atoms with van der Waals surface area (Å²) in [6.07, 6.45) is 6.23. The Morgan fingerprint density at radius 1 is 0.857 bits per heavy atom. The monoisotopic (exact) mass is 649 g/mol. The van der Waals surface area contributed by atoms with Crippen LogP contribution in [0.5, 0.6) is 0 Å². The summed E-state index contributed by atoms with van der Waals surface area (Å²) in [5, 5.41) is 4.17. The molecule has 3 aromatic rings. The first kappa shape index (κ1) is 32.1. The molecule has 0 saturated heterocycles. The van der Waals surface area contributed by atoms with Gasteiger partial charge >= 0.3 is 0 Å². The van der Waals surface area contributed by atoms with Crippen LogP contribution in [0.15, 0.2) is 72.8 Å². The maximum Gasteiger partial charge on any atom is 0.244 e. The zero-order valence-corrected chi connectivity index (χ0v) is 26.4. The Morgan fingerprint density at radius 3 is 2.07 bits per heavy atom. The van der Waals surface area contributed by atoms with Crippen LogP contribution >= 0.6 is 34.8 Å². The van der Waals surface area contributed by atoms with Gasteiger partial charge in [-0.1, -0.05) is 96.5 Å². The van der Waals surface area contributed by atoms with Crippen LogP contribution in [0.1, 0.15) is 43.2 Å². The van der Waals surface area contributed by atoms with E-state index in [9.17, 15) is 18.0 Å². The van der Waals surface area contributed by atoms with Gasteiger partial charge in [0, 0.05) is 34.1 Å². The Hall–Kier alpha value is -2.78. The molecule has 0 aliphatic heterocycles. The second kappa shape index (κ2) is 14.6. The van der Waals surface area contributed by atoms with Gasteiger partial charge in [0.05, 0.1) is 11.9 Å². The molecule has 0 bridgehead atoms. The van der Waals surface area contributed by atoms with Crippen molar-refractivity contribution in [3.8, 4) is 0 Å². The Labute approximate surface area is 262 Å². The molecule has 1 saturated carbocycles. The third-order valence-corrected chi connectivity index (χ3v) is 9.13. The Morgan fingerprint density at radius 2 is 1.48 bits per heavy atom. The molecule has 0 heterocycles. The van der Waals surface area contributed by atoms with Crippen LogP contribution in [0, 0.1) is 0 Å². The van der Waals surface area contributed by atoms with E-state index in [1.54, 1.807) is 24.3 Å². The molecule has 0 radical (unpaired) electrons. The van der Waals surface area contributed by atoms with E-state index in [-0.39, 0.29) is 40.6 Å². The van der Waals surface area contributed by atoms with Crippen molar-refractivity contribution in [2.24, 2.45) is 0 Å². The molecule has 1 atom stereocenters. The zero-order valence-electron chi connectivity index (χ0n) is 23.3. The summed E-state index contributed by atoms with van der Waals surface area (Å²) in [5.41, 5.74) is 1.77. The predicted octanol–water partition coefficient (Wildman–Crippen LogP) is 6.50. The maximum atomic E-state index is 14.2. The van der Waals surface area contributed by atoms with Gasteiger partial charge in [0.2, 0.25) is 21.8 Å². The summed E-state index contributed by atoms with van der Waals surface area (Å²) in [6, 6.07) is 19.9. The lowest BCUT2D eigenvalue weighted by Gasteiger charge is -2.35. The number of carbonyl (C=O) groups is 2. The van der Waals surface area contributed by atoms with Crippen LogP contribution in [0.25, 0.3) is 0 Å². The van der Waals surface area contributed by atoms with Crippen molar-refractivity contribution in [3.05, 3.63) is 99.0 Å². The number of nitrogens with zero attached hydrogens (tertiary/aromatic N) is 2. The topological polar surface area (TPSA) is 86.8 Å². The molecule has 2 amide bonds. The van der Waals surface area contributed by atoms with Gasteiger partial charge in [0.15, 0.2) is 0 Å². The van der Waals surface area contributed by atoms with Gasteiger partial charge in [-0.05, 0) is 54.3 Å². The van der Waals surface area contributed by atoms with Crippen molar-refractivity contribution in [1.29, 1.82) is 0 Å². The highest BCUT2D eigenvalue weighted by Gasteiger charge is 2.34. The van der Waals surface area contributed by atoms with Gasteiger partial charge < -0.3 is 10.2 Å². The third kappa shape index (κ3) is 9.11. The molecule has 1 fully saturated rings. The number of sulfonamides is 1. The van der Waals surface area contributed by atoms with Gasteiger partial charge in [0.25, 0.3) is 0 Å². The van der Waals surface area contributed by atoms with Crippen molar-refractivity contribution in [3.63, 3.8) is 0 Å². The van der Waals surface area contributed by atoms with E-state index in [1.165, 1.54) is 23.1 Å². The minimum atomic E-state index is -3.94. The third-order valence-electron chi connectivity index (χ3n) is 7.30. The summed E-state index contributed by atoms with van der Waals surface area (Å²) >= 11 is 18.5. The van der Waals surface area contributed by atoms with E-state index in [1.807, 2.05) is 30.3 Å².